The van der Waals surface area contributed by atoms with Crippen LogP contribution in [0.2, 0.25) is 13.3 Å². The van der Waals surface area contributed by atoms with E-state index < -0.39 is 28.2 Å². The molecule has 0 atom stereocenters. The quantitative estimate of drug-likeness (QED) is 0.461. The van der Waals surface area contributed by atoms with Gasteiger partial charge in [-0.15, -0.1) is 0 Å². The molecule has 1 heterocycles. The fourth-order valence-corrected chi connectivity index (χ4v) is 24.1. The molecule has 0 saturated carbocycles. The van der Waals surface area contributed by atoms with Crippen LogP contribution in [0.1, 0.15) is 59.3 Å². The molecule has 6 heteroatoms. The van der Waals surface area contributed by atoms with Gasteiger partial charge in [0.2, 0.25) is 0 Å². The van der Waals surface area contributed by atoms with Gasteiger partial charge in [-0.1, -0.05) is 0 Å². The van der Waals surface area contributed by atoms with Crippen molar-refractivity contribution in [3.8, 4) is 0 Å². The van der Waals surface area contributed by atoms with E-state index in [-0.39, 0.29) is 0 Å². The van der Waals surface area contributed by atoms with Gasteiger partial charge in [0, 0.05) is 0 Å². The summed E-state index contributed by atoms with van der Waals surface area (Å²) < 4.78 is 29.4. The van der Waals surface area contributed by atoms with E-state index in [1.807, 2.05) is 6.20 Å². The average Bonchev–Trinajstić information content (AvgIpc) is 2.97. The summed E-state index contributed by atoms with van der Waals surface area (Å²) in [5.74, 6) is 0. The van der Waals surface area contributed by atoms with Crippen LogP contribution in [-0.2, 0) is 9.84 Å². The molecule has 0 unspecified atom stereocenters. The van der Waals surface area contributed by atoms with Gasteiger partial charge in [-0.05, 0) is 0 Å². The molecule has 0 fully saturated rings. The van der Waals surface area contributed by atoms with E-state index in [0.29, 0.717) is 4.34 Å². The van der Waals surface area contributed by atoms with Crippen LogP contribution in [-0.4, -0.2) is 38.0 Å². The minimum atomic E-state index is -3.16. The Balaban J connectivity index is 3.16. The average molecular weight is 452 g/mol. The van der Waals surface area contributed by atoms with Crippen LogP contribution in [0.15, 0.2) is 10.5 Å². The molecule has 0 aromatic carbocycles. The zero-order chi connectivity index (χ0) is 16.6. The third kappa shape index (κ3) is 5.78. The van der Waals surface area contributed by atoms with Crippen LogP contribution in [0.25, 0.3) is 0 Å². The van der Waals surface area contributed by atoms with Gasteiger partial charge in [-0.25, -0.2) is 0 Å². The van der Waals surface area contributed by atoms with E-state index in [2.05, 4.69) is 25.8 Å². The normalized spacial score (nSPS) is 12.7. The SMILES string of the molecule is CCC[CH2][Sn]([CH2]CCC)([CH2]CCC)[c]1cnc(S(C)(=O)=O)s1. The first-order valence-corrected chi connectivity index (χ1v) is 18.7. The maximum atomic E-state index is 11.8. The van der Waals surface area contributed by atoms with Crippen LogP contribution >= 0.6 is 11.3 Å². The summed E-state index contributed by atoms with van der Waals surface area (Å²) in [7, 11) is -3.16. The predicted octanol–water partition coefficient (Wildman–Crippen LogP) is 4.60. The van der Waals surface area contributed by atoms with Crippen molar-refractivity contribution < 1.29 is 8.42 Å². The zero-order valence-corrected chi connectivity index (χ0v) is 19.0. The van der Waals surface area contributed by atoms with Crippen molar-refractivity contribution in [3.05, 3.63) is 6.20 Å². The predicted molar refractivity (Wildman–Crippen MR) is 99.8 cm³/mol. The molecule has 1 aromatic rings. The second-order valence-corrected chi connectivity index (χ2v) is 23.7. The van der Waals surface area contributed by atoms with Crippen molar-refractivity contribution in [1.82, 2.24) is 4.98 Å². The first kappa shape index (κ1) is 20.4. The summed E-state index contributed by atoms with van der Waals surface area (Å²) in [6.45, 7) is 6.76. The van der Waals surface area contributed by atoms with E-state index >= 15 is 0 Å². The van der Waals surface area contributed by atoms with Crippen molar-refractivity contribution >= 4 is 42.4 Å². The minimum absolute atomic E-state index is 0.327. The second-order valence-electron chi connectivity index (χ2n) is 6.35. The Morgan fingerprint density at radius 1 is 1.00 bits per heavy atom. The summed E-state index contributed by atoms with van der Waals surface area (Å²) in [6, 6.07) is 0. The topological polar surface area (TPSA) is 47.0 Å². The zero-order valence-electron chi connectivity index (χ0n) is 14.5. The van der Waals surface area contributed by atoms with Crippen LogP contribution in [0.3, 0.4) is 0 Å². The van der Waals surface area contributed by atoms with Gasteiger partial charge < -0.3 is 0 Å². The molecule has 0 radical (unpaired) electrons. The number of aromatic nitrogens is 1. The first-order chi connectivity index (χ1) is 10.4. The monoisotopic (exact) mass is 453 g/mol. The Morgan fingerprint density at radius 2 is 1.45 bits per heavy atom. The summed E-state index contributed by atoms with van der Waals surface area (Å²) in [6.07, 6.45) is 10.8. The van der Waals surface area contributed by atoms with Crippen molar-refractivity contribution in [3.63, 3.8) is 0 Å². The molecule has 128 valence electrons. The van der Waals surface area contributed by atoms with E-state index in [0.717, 1.165) is 0 Å². The number of thiazole rings is 1. The third-order valence-corrected chi connectivity index (χ3v) is 25.2. The maximum absolute atomic E-state index is 11.8. The molecule has 0 N–H and O–H groups in total. The summed E-state index contributed by atoms with van der Waals surface area (Å²) in [5, 5.41) is 0. The van der Waals surface area contributed by atoms with E-state index in [4.69, 9.17) is 0 Å². The number of nitrogens with zero attached hydrogens (tertiary/aromatic N) is 1. The molecule has 0 spiro atoms. The molecule has 0 saturated heterocycles. The van der Waals surface area contributed by atoms with Crippen LogP contribution in [0.4, 0.5) is 0 Å². The molecule has 0 aliphatic heterocycles. The molecular weight excluding hydrogens is 421 g/mol. The summed E-state index contributed by atoms with van der Waals surface area (Å²) in [4.78, 5) is 4.26. The van der Waals surface area contributed by atoms with Gasteiger partial charge in [0.25, 0.3) is 0 Å². The van der Waals surface area contributed by atoms with Gasteiger partial charge >= 0.3 is 145 Å². The van der Waals surface area contributed by atoms with Crippen molar-refractivity contribution in [2.24, 2.45) is 0 Å². The van der Waals surface area contributed by atoms with E-state index in [9.17, 15) is 8.42 Å². The first-order valence-electron chi connectivity index (χ1n) is 8.56. The summed E-state index contributed by atoms with van der Waals surface area (Å²) in [5.41, 5.74) is 0. The third-order valence-electron chi connectivity index (χ3n) is 4.35. The van der Waals surface area contributed by atoms with Gasteiger partial charge in [0.1, 0.15) is 0 Å². The Labute approximate surface area is 144 Å². The van der Waals surface area contributed by atoms with Crippen molar-refractivity contribution in [2.75, 3.05) is 6.26 Å². The molecule has 1 aromatic heterocycles. The second kappa shape index (κ2) is 9.62. The Bertz CT molecular complexity index is 518. The molecule has 0 aliphatic rings. The molecule has 0 bridgehead atoms. The van der Waals surface area contributed by atoms with E-state index in [1.165, 1.54) is 72.3 Å². The van der Waals surface area contributed by atoms with Gasteiger partial charge in [-0.3, -0.25) is 0 Å². The number of rotatable bonds is 11. The number of hydrogen-bond donors (Lipinski definition) is 0. The molecule has 1 rings (SSSR count). The molecular formula is C16H31NO2S2Sn. The fraction of sp³-hybridized carbons (Fsp3) is 0.812. The molecule has 22 heavy (non-hydrogen) atoms. The molecule has 3 nitrogen and oxygen atoms in total. The Kier molecular flexibility index (Phi) is 8.93. The fourth-order valence-electron chi connectivity index (χ4n) is 2.96. The number of unbranched alkanes of at least 4 members (excludes halogenated alkanes) is 3. The number of hydrogen-bond acceptors (Lipinski definition) is 4. The standard InChI is InChI=1S/C4H4NO2S2.3C4H9.Sn/c1-9(6,7)4-5-2-3-8-4;3*1-3-4-2;/h2H,1H3;3*1,3-4H2,2H3;. The van der Waals surface area contributed by atoms with Crippen molar-refractivity contribution in [1.29, 1.82) is 0 Å². The Hall–Kier alpha value is 0.379. The molecule has 0 aliphatic carbocycles. The van der Waals surface area contributed by atoms with Gasteiger partial charge in [-0.2, -0.15) is 0 Å². The van der Waals surface area contributed by atoms with Crippen LogP contribution < -0.4 is 2.89 Å². The summed E-state index contributed by atoms with van der Waals surface area (Å²) >= 11 is -0.994. The van der Waals surface area contributed by atoms with Gasteiger partial charge in [0.05, 0.1) is 0 Å². The van der Waals surface area contributed by atoms with E-state index in [1.54, 1.807) is 0 Å². The Morgan fingerprint density at radius 3 is 1.77 bits per heavy atom. The molecule has 0 amide bonds. The van der Waals surface area contributed by atoms with Crippen molar-refractivity contribution in [2.45, 2.75) is 76.9 Å². The van der Waals surface area contributed by atoms with Crippen LogP contribution in [0.5, 0.6) is 0 Å². The number of sulfone groups is 1. The van der Waals surface area contributed by atoms with Crippen LogP contribution in [0, 0.1) is 0 Å². The van der Waals surface area contributed by atoms with Gasteiger partial charge in [0.15, 0.2) is 0 Å².